The summed E-state index contributed by atoms with van der Waals surface area (Å²) in [6.45, 7) is 6.85. The second-order valence-electron chi connectivity index (χ2n) is 13.3. The summed E-state index contributed by atoms with van der Waals surface area (Å²) in [6, 6.07) is 0. The summed E-state index contributed by atoms with van der Waals surface area (Å²) >= 11 is 0. The Labute approximate surface area is 237 Å². The first-order chi connectivity index (χ1) is 19.1. The minimum atomic E-state index is -1.11. The first kappa shape index (κ1) is 30.6. The molecule has 0 aromatic heterocycles. The fourth-order valence-corrected chi connectivity index (χ4v) is 9.65. The second-order valence-corrected chi connectivity index (χ2v) is 13.3. The Morgan fingerprint density at radius 1 is 0.950 bits per heavy atom. The van der Waals surface area contributed by atoms with Crippen molar-refractivity contribution in [2.24, 2.45) is 33.7 Å². The van der Waals surface area contributed by atoms with Gasteiger partial charge in [0, 0.05) is 57.6 Å². The van der Waals surface area contributed by atoms with E-state index in [4.69, 9.17) is 37.9 Å². The van der Waals surface area contributed by atoms with E-state index in [0.29, 0.717) is 32.3 Å². The molecule has 0 radical (unpaired) electrons. The number of oxime groups is 1. The zero-order valence-electron chi connectivity index (χ0n) is 24.9. The van der Waals surface area contributed by atoms with E-state index in [1.165, 1.54) is 0 Å². The van der Waals surface area contributed by atoms with Crippen LogP contribution in [-0.4, -0.2) is 100 Å². The van der Waals surface area contributed by atoms with Crippen LogP contribution < -0.4 is 0 Å². The lowest BCUT2D eigenvalue weighted by molar-refractivity contribution is -0.408. The predicted octanol–water partition coefficient (Wildman–Crippen LogP) is 3.29. The summed E-state index contributed by atoms with van der Waals surface area (Å²) in [7, 11) is 4.87. The third-order valence-corrected chi connectivity index (χ3v) is 11.2. The molecule has 40 heavy (non-hydrogen) atoms. The fraction of sp³-hybridized carbons (Fsp3) is 0.966. The number of methoxy groups -OCH3 is 3. The summed E-state index contributed by atoms with van der Waals surface area (Å²) in [4.78, 5) is 0. The van der Waals surface area contributed by atoms with E-state index in [1.54, 1.807) is 27.5 Å². The number of hydrogen-bond donors (Lipinski definition) is 2. The quantitative estimate of drug-likeness (QED) is 0.175. The highest BCUT2D eigenvalue weighted by Crippen LogP contribution is 2.72. The molecule has 1 saturated heterocycles. The van der Waals surface area contributed by atoms with Crippen LogP contribution in [0.25, 0.3) is 0 Å². The summed E-state index contributed by atoms with van der Waals surface area (Å²) in [6.07, 6.45) is 5.42. The number of fused-ring (bicyclic) bond motifs is 3. The van der Waals surface area contributed by atoms with Crippen LogP contribution in [0.4, 0.5) is 0 Å². The van der Waals surface area contributed by atoms with Crippen molar-refractivity contribution in [1.29, 1.82) is 0 Å². The van der Waals surface area contributed by atoms with E-state index >= 15 is 0 Å². The molecule has 2 unspecified atom stereocenters. The van der Waals surface area contributed by atoms with E-state index in [0.717, 1.165) is 19.3 Å². The van der Waals surface area contributed by atoms with Crippen LogP contribution in [0.3, 0.4) is 0 Å². The van der Waals surface area contributed by atoms with Gasteiger partial charge in [0.25, 0.3) is 0 Å². The summed E-state index contributed by atoms with van der Waals surface area (Å²) in [5.41, 5.74) is -2.84. The number of nitrogens with zero attached hydrogens (tertiary/aromatic N) is 1. The molecule has 1 spiro atoms. The monoisotopic (exact) mass is 571 g/mol. The van der Waals surface area contributed by atoms with Crippen LogP contribution in [0.2, 0.25) is 0 Å². The van der Waals surface area contributed by atoms with Gasteiger partial charge in [-0.1, -0.05) is 6.92 Å². The van der Waals surface area contributed by atoms with Gasteiger partial charge in [-0.25, -0.2) is 0 Å². The van der Waals surface area contributed by atoms with Crippen LogP contribution in [0.5, 0.6) is 0 Å². The van der Waals surface area contributed by atoms with Gasteiger partial charge >= 0.3 is 0 Å². The van der Waals surface area contributed by atoms with Crippen molar-refractivity contribution in [3.8, 4) is 0 Å². The molecule has 10 atom stereocenters. The van der Waals surface area contributed by atoms with Crippen molar-refractivity contribution < 1.29 is 48.2 Å². The maximum absolute atomic E-state index is 12.7. The maximum Gasteiger partial charge on any atom is 0.163 e. The molecule has 2 N–H and O–H groups in total. The third-order valence-electron chi connectivity index (χ3n) is 11.2. The van der Waals surface area contributed by atoms with Crippen LogP contribution in [0, 0.1) is 28.6 Å². The van der Waals surface area contributed by atoms with Crippen molar-refractivity contribution in [2.45, 2.75) is 101 Å². The first-order valence-corrected chi connectivity index (χ1v) is 14.6. The second kappa shape index (κ2) is 11.3. The van der Waals surface area contributed by atoms with Gasteiger partial charge in [0.15, 0.2) is 5.79 Å². The van der Waals surface area contributed by atoms with Gasteiger partial charge in [0.1, 0.15) is 20.4 Å². The Bertz CT molecular complexity index is 919. The highest BCUT2D eigenvalue weighted by molar-refractivity contribution is 5.63. The van der Waals surface area contributed by atoms with E-state index in [-0.39, 0.29) is 56.4 Å². The predicted molar refractivity (Wildman–Crippen MR) is 143 cm³/mol. The highest BCUT2D eigenvalue weighted by atomic mass is 16.7. The van der Waals surface area contributed by atoms with Crippen LogP contribution in [0.15, 0.2) is 5.16 Å². The fourth-order valence-electron chi connectivity index (χ4n) is 9.65. The van der Waals surface area contributed by atoms with Crippen molar-refractivity contribution in [1.82, 2.24) is 0 Å². The van der Waals surface area contributed by atoms with Gasteiger partial charge in [-0.15, -0.1) is 5.16 Å². The molecule has 4 aliphatic carbocycles. The topological polar surface area (TPSA) is 127 Å². The van der Waals surface area contributed by atoms with Gasteiger partial charge in [0.05, 0.1) is 41.5 Å². The molecular formula is C29H49NO10. The zero-order valence-corrected chi connectivity index (χ0v) is 24.9. The molecule has 5 fully saturated rings. The average Bonchev–Trinajstić information content (AvgIpc) is 3.19. The molecule has 5 aliphatic rings. The van der Waals surface area contributed by atoms with Crippen molar-refractivity contribution >= 4 is 6.21 Å². The van der Waals surface area contributed by atoms with Gasteiger partial charge < -0.3 is 48.2 Å². The van der Waals surface area contributed by atoms with Crippen LogP contribution >= 0.6 is 0 Å². The van der Waals surface area contributed by atoms with Crippen LogP contribution in [-0.2, 0) is 37.9 Å². The van der Waals surface area contributed by atoms with Crippen molar-refractivity contribution in [3.05, 3.63) is 0 Å². The molecule has 230 valence electrons. The molecule has 0 aromatic carbocycles. The molecular weight excluding hydrogens is 522 g/mol. The lowest BCUT2D eigenvalue weighted by Crippen LogP contribution is -2.78. The van der Waals surface area contributed by atoms with E-state index in [9.17, 15) is 10.3 Å². The van der Waals surface area contributed by atoms with Gasteiger partial charge in [-0.2, -0.15) is 0 Å². The molecule has 5 rings (SSSR count). The minimum Gasteiger partial charge on any atom is -0.411 e. The van der Waals surface area contributed by atoms with Gasteiger partial charge in [-0.3, -0.25) is 0 Å². The molecule has 0 bridgehead atoms. The number of aliphatic hydroxyl groups is 1. The molecule has 1 heterocycles. The highest BCUT2D eigenvalue weighted by Gasteiger charge is 2.77. The Morgan fingerprint density at radius 2 is 1.68 bits per heavy atom. The van der Waals surface area contributed by atoms with Gasteiger partial charge in [0.2, 0.25) is 0 Å². The van der Waals surface area contributed by atoms with Gasteiger partial charge in [-0.05, 0) is 51.9 Å². The Kier molecular flexibility index (Phi) is 8.64. The Balaban J connectivity index is 1.64. The minimum absolute atomic E-state index is 0.00553. The van der Waals surface area contributed by atoms with Crippen molar-refractivity contribution in [2.75, 3.05) is 48.3 Å². The summed E-state index contributed by atoms with van der Waals surface area (Å²) < 4.78 is 48.7. The maximum atomic E-state index is 12.7. The molecule has 4 saturated carbocycles. The van der Waals surface area contributed by atoms with E-state index < -0.39 is 27.8 Å². The lowest BCUT2D eigenvalue weighted by atomic mass is 9.40. The summed E-state index contributed by atoms with van der Waals surface area (Å²) in [5.74, 6) is -0.957. The largest absolute Gasteiger partial charge is 0.411 e. The molecule has 11 heteroatoms. The van der Waals surface area contributed by atoms with E-state index in [1.807, 2.05) is 13.8 Å². The molecule has 0 amide bonds. The number of hydrogen-bond acceptors (Lipinski definition) is 11. The SMILES string of the molecule is COCO[C@H]1C[C@H]2OC(C)(C)OC[C@]23C2C(CC[C@]3(O)C1)[C@@]1(OCOC)CC[C@H](/C=N/O)[C@@]1(C)C[C@H]2OCOC. The van der Waals surface area contributed by atoms with E-state index in [2.05, 4.69) is 12.1 Å². The summed E-state index contributed by atoms with van der Waals surface area (Å²) in [5, 5.41) is 25.8. The third kappa shape index (κ3) is 4.55. The molecule has 11 nitrogen and oxygen atoms in total. The van der Waals surface area contributed by atoms with Crippen molar-refractivity contribution in [3.63, 3.8) is 0 Å². The lowest BCUT2D eigenvalue weighted by Gasteiger charge is -2.71. The Hall–Kier alpha value is -0.890. The average molecular weight is 572 g/mol. The smallest absolute Gasteiger partial charge is 0.163 e. The number of ether oxygens (including phenoxy) is 8. The van der Waals surface area contributed by atoms with Crippen LogP contribution in [0.1, 0.15) is 65.7 Å². The standard InChI is InChI=1S/C29H49NO10/c1-25(2)38-15-28-23(40-25)11-20(36-16-33-4)12-27(28,31)9-8-21-24(28)22(37-17-34-5)13-26(3)19(14-30-32)7-10-29(21,26)39-18-35-6/h14,19-24,31-32H,7-13,15-18H2,1-6H3/b30-14+/t19-,20+,21?,22-,23-,24?,26-,27+,28-,29+/m1/s1. The molecule has 0 aromatic rings. The Morgan fingerprint density at radius 3 is 2.38 bits per heavy atom. The zero-order chi connectivity index (χ0) is 28.8. The molecule has 1 aliphatic heterocycles. The number of rotatable bonds is 10. The first-order valence-electron chi connectivity index (χ1n) is 14.6. The normalized spacial score (nSPS) is 47.9.